The third-order valence-corrected chi connectivity index (χ3v) is 6.63. The first kappa shape index (κ1) is 22.1. The quantitative estimate of drug-likeness (QED) is 0.654. The van der Waals surface area contributed by atoms with Crippen LogP contribution in [-0.2, 0) is 14.8 Å². The van der Waals surface area contributed by atoms with Crippen molar-refractivity contribution in [2.45, 2.75) is 37.5 Å². The number of anilines is 1. The lowest BCUT2D eigenvalue weighted by Crippen LogP contribution is -2.35. The fraction of sp³-hybridized carbons (Fsp3) is 0.409. The summed E-state index contributed by atoms with van der Waals surface area (Å²) in [4.78, 5) is 12.5. The molecule has 162 valence electrons. The highest BCUT2D eigenvalue weighted by Gasteiger charge is 2.26. The highest BCUT2D eigenvalue weighted by molar-refractivity contribution is 7.89. The van der Waals surface area contributed by atoms with Gasteiger partial charge in [-0.1, -0.05) is 31.5 Å². The predicted octanol–water partition coefficient (Wildman–Crippen LogP) is 3.67. The Hall–Kier alpha value is -2.58. The van der Waals surface area contributed by atoms with E-state index >= 15 is 0 Å². The highest BCUT2D eigenvalue weighted by Crippen LogP contribution is 2.27. The number of carbonyl (C=O) groups excluding carboxylic acids is 1. The first-order valence-electron chi connectivity index (χ1n) is 10.3. The van der Waals surface area contributed by atoms with Gasteiger partial charge in [0.15, 0.2) is 18.1 Å². The molecule has 2 aromatic carbocycles. The lowest BCUT2D eigenvalue weighted by atomic mass is 10.2. The molecule has 7 nitrogen and oxygen atoms in total. The molecule has 1 heterocycles. The third kappa shape index (κ3) is 5.73. The van der Waals surface area contributed by atoms with Crippen LogP contribution in [0.15, 0.2) is 53.4 Å². The second-order valence-electron chi connectivity index (χ2n) is 7.12. The van der Waals surface area contributed by atoms with Crippen LogP contribution in [0.4, 0.5) is 5.69 Å². The molecule has 0 spiro atoms. The van der Waals surface area contributed by atoms with Crippen LogP contribution in [0.3, 0.4) is 0 Å². The van der Waals surface area contributed by atoms with Crippen molar-refractivity contribution in [1.82, 2.24) is 4.31 Å². The molecular weight excluding hydrogens is 404 g/mol. The summed E-state index contributed by atoms with van der Waals surface area (Å²) in [5, 5.41) is 2.70. The van der Waals surface area contributed by atoms with Crippen molar-refractivity contribution in [2.75, 3.05) is 31.6 Å². The Morgan fingerprint density at radius 1 is 1.00 bits per heavy atom. The largest absolute Gasteiger partial charge is 0.490 e. The molecule has 30 heavy (non-hydrogen) atoms. The van der Waals surface area contributed by atoms with E-state index in [4.69, 9.17) is 9.47 Å². The minimum atomic E-state index is -3.56. The van der Waals surface area contributed by atoms with Gasteiger partial charge in [0.25, 0.3) is 5.91 Å². The lowest BCUT2D eigenvalue weighted by Gasteiger charge is -2.26. The summed E-state index contributed by atoms with van der Waals surface area (Å²) in [6, 6.07) is 13.5. The average Bonchev–Trinajstić information content (AvgIpc) is 2.77. The van der Waals surface area contributed by atoms with Gasteiger partial charge in [-0.05, 0) is 49.6 Å². The molecule has 1 amide bonds. The molecule has 1 aliphatic heterocycles. The van der Waals surface area contributed by atoms with E-state index in [1.165, 1.54) is 10.4 Å². The van der Waals surface area contributed by atoms with Gasteiger partial charge in [-0.15, -0.1) is 0 Å². The van der Waals surface area contributed by atoms with E-state index in [0.717, 1.165) is 25.7 Å². The summed E-state index contributed by atoms with van der Waals surface area (Å²) in [5.74, 6) is 0.692. The smallest absolute Gasteiger partial charge is 0.262 e. The van der Waals surface area contributed by atoms with Crippen LogP contribution in [0, 0.1) is 0 Å². The molecule has 0 bridgehead atoms. The van der Waals surface area contributed by atoms with Crippen LogP contribution in [0.5, 0.6) is 11.5 Å². The maximum atomic E-state index is 12.8. The highest BCUT2D eigenvalue weighted by atomic mass is 32.2. The van der Waals surface area contributed by atoms with Gasteiger partial charge in [-0.2, -0.15) is 4.31 Å². The van der Waals surface area contributed by atoms with E-state index in [-0.39, 0.29) is 17.4 Å². The molecule has 8 heteroatoms. The molecular formula is C22H28N2O5S. The fourth-order valence-corrected chi connectivity index (χ4v) is 4.79. The Kier molecular flexibility index (Phi) is 7.70. The number of hydrogen-bond acceptors (Lipinski definition) is 5. The second kappa shape index (κ2) is 10.4. The van der Waals surface area contributed by atoms with Gasteiger partial charge >= 0.3 is 0 Å². The molecule has 0 saturated carbocycles. The van der Waals surface area contributed by atoms with E-state index in [2.05, 4.69) is 5.32 Å². The van der Waals surface area contributed by atoms with Crippen LogP contribution >= 0.6 is 0 Å². The lowest BCUT2D eigenvalue weighted by molar-refractivity contribution is -0.118. The van der Waals surface area contributed by atoms with Gasteiger partial charge < -0.3 is 14.8 Å². The Bertz CT molecular complexity index is 956. The van der Waals surface area contributed by atoms with Gasteiger partial charge in [0.1, 0.15) is 0 Å². The fourth-order valence-electron chi connectivity index (χ4n) is 3.23. The van der Waals surface area contributed by atoms with E-state index in [9.17, 15) is 13.2 Å². The summed E-state index contributed by atoms with van der Waals surface area (Å²) in [5.41, 5.74) is 0.414. The molecule has 3 rings (SSSR count). The summed E-state index contributed by atoms with van der Waals surface area (Å²) >= 11 is 0. The minimum absolute atomic E-state index is 0.182. The van der Waals surface area contributed by atoms with Gasteiger partial charge in [0, 0.05) is 18.8 Å². The average molecular weight is 433 g/mol. The SMILES string of the molecule is CCCOc1ccccc1OCC(=O)Nc1cccc(S(=O)(=O)N2CCCCC2)c1. The third-order valence-electron chi connectivity index (χ3n) is 4.74. The van der Waals surface area contributed by atoms with Crippen molar-refractivity contribution in [3.63, 3.8) is 0 Å². The molecule has 1 saturated heterocycles. The maximum Gasteiger partial charge on any atom is 0.262 e. The van der Waals surface area contributed by atoms with Gasteiger partial charge in [-0.25, -0.2) is 8.42 Å². The predicted molar refractivity (Wildman–Crippen MR) is 115 cm³/mol. The number of nitrogens with one attached hydrogen (secondary N) is 1. The summed E-state index contributed by atoms with van der Waals surface area (Å²) in [6.45, 7) is 3.43. The number of piperidine rings is 1. The van der Waals surface area contributed by atoms with E-state index in [1.807, 2.05) is 13.0 Å². The maximum absolute atomic E-state index is 12.8. The number of sulfonamides is 1. The summed E-state index contributed by atoms with van der Waals surface area (Å²) < 4.78 is 38.4. The molecule has 1 fully saturated rings. The van der Waals surface area contributed by atoms with Crippen molar-refractivity contribution >= 4 is 21.6 Å². The molecule has 0 radical (unpaired) electrons. The van der Waals surface area contributed by atoms with Gasteiger partial charge in [0.2, 0.25) is 10.0 Å². The number of carbonyl (C=O) groups is 1. The van der Waals surface area contributed by atoms with Gasteiger partial charge in [-0.3, -0.25) is 4.79 Å². The molecule has 1 N–H and O–H groups in total. The standard InChI is InChI=1S/C22H28N2O5S/c1-2-15-28-20-11-4-5-12-21(20)29-17-22(25)23-18-9-8-10-19(16-18)30(26,27)24-13-6-3-7-14-24/h4-5,8-12,16H,2-3,6-7,13-15,17H2,1H3,(H,23,25). The molecule has 0 aliphatic carbocycles. The number of para-hydroxylation sites is 2. The zero-order chi connectivity index (χ0) is 21.4. The van der Waals surface area contributed by atoms with E-state index in [1.54, 1.807) is 36.4 Å². The Morgan fingerprint density at radius 3 is 2.40 bits per heavy atom. The monoisotopic (exact) mass is 432 g/mol. The normalized spacial score (nSPS) is 14.8. The molecule has 0 atom stereocenters. The van der Waals surface area contributed by atoms with Crippen LogP contribution < -0.4 is 14.8 Å². The number of hydrogen-bond donors (Lipinski definition) is 1. The Morgan fingerprint density at radius 2 is 1.70 bits per heavy atom. The second-order valence-corrected chi connectivity index (χ2v) is 9.06. The molecule has 2 aromatic rings. The van der Waals surface area contributed by atoms with Crippen molar-refractivity contribution in [3.8, 4) is 11.5 Å². The number of rotatable bonds is 9. The van der Waals surface area contributed by atoms with Crippen molar-refractivity contribution in [3.05, 3.63) is 48.5 Å². The number of benzene rings is 2. The van der Waals surface area contributed by atoms with Gasteiger partial charge in [0.05, 0.1) is 11.5 Å². The van der Waals surface area contributed by atoms with Crippen LogP contribution in [0.25, 0.3) is 0 Å². The van der Waals surface area contributed by atoms with E-state index < -0.39 is 10.0 Å². The summed E-state index contributed by atoms with van der Waals surface area (Å²) in [6.07, 6.45) is 3.66. The number of nitrogens with zero attached hydrogens (tertiary/aromatic N) is 1. The van der Waals surface area contributed by atoms with Crippen LogP contribution in [0.1, 0.15) is 32.6 Å². The zero-order valence-electron chi connectivity index (χ0n) is 17.2. The van der Waals surface area contributed by atoms with E-state index in [0.29, 0.717) is 36.9 Å². The van der Waals surface area contributed by atoms with Crippen LogP contribution in [0.2, 0.25) is 0 Å². The van der Waals surface area contributed by atoms with Crippen LogP contribution in [-0.4, -0.2) is 44.9 Å². The molecule has 0 aromatic heterocycles. The molecule has 1 aliphatic rings. The van der Waals surface area contributed by atoms with Crippen molar-refractivity contribution in [1.29, 1.82) is 0 Å². The first-order chi connectivity index (χ1) is 14.5. The van der Waals surface area contributed by atoms with Crippen molar-refractivity contribution in [2.24, 2.45) is 0 Å². The molecule has 0 unspecified atom stereocenters. The Balaban J connectivity index is 1.62. The number of ether oxygens (including phenoxy) is 2. The topological polar surface area (TPSA) is 84.9 Å². The number of amides is 1. The first-order valence-corrected chi connectivity index (χ1v) is 11.7. The summed E-state index contributed by atoms with van der Waals surface area (Å²) in [7, 11) is -3.56. The van der Waals surface area contributed by atoms with Crippen molar-refractivity contribution < 1.29 is 22.7 Å². The Labute approximate surface area is 178 Å². The minimum Gasteiger partial charge on any atom is -0.490 e. The zero-order valence-corrected chi connectivity index (χ0v) is 18.0.